The standard InChI is InChI=1S/C44H74N6O11/c1-9-28(7)39(44(61)49-34(24-30-18-14-12-15-19-30)41(58)46-31(10-2)36(52)20-16-11-13-17-26(3)4)50-43(60)33(23-27(5)6)48-40(57)32(21-22-37(53)54)47-42(59)35(25-38(55)56)45-29(8)51/h16,20,26-28,30-35,39H,9-15,17-19,21-25H2,1-8H3,(H,45,51)(H,46,58)(H,47,59)(H,48,57)(H,49,61)(H,50,60)(H,53,54)(H,55,56)/b20-16+/t28?,31-,32+,33-,34-,35-,39-/m0/s1. The zero-order valence-corrected chi connectivity index (χ0v) is 37.6. The van der Waals surface area contributed by atoms with Crippen LogP contribution in [0.5, 0.6) is 0 Å². The molecule has 1 unspecified atom stereocenters. The first kappa shape index (κ1) is 54.2. The van der Waals surface area contributed by atoms with Crippen LogP contribution in [0.25, 0.3) is 0 Å². The molecule has 0 heterocycles. The molecule has 0 radical (unpaired) electrons. The fraction of sp³-hybridized carbons (Fsp3) is 0.750. The second kappa shape index (κ2) is 28.7. The summed E-state index contributed by atoms with van der Waals surface area (Å²) in [6.07, 6.45) is 10.3. The topological polar surface area (TPSA) is 266 Å². The van der Waals surface area contributed by atoms with E-state index in [1.807, 2.05) is 13.0 Å². The Balaban J connectivity index is 3.36. The van der Waals surface area contributed by atoms with Crippen molar-refractivity contribution in [1.82, 2.24) is 31.9 Å². The van der Waals surface area contributed by atoms with Crippen LogP contribution in [-0.2, 0) is 43.2 Å². The molecule has 7 atom stereocenters. The lowest BCUT2D eigenvalue weighted by atomic mass is 9.84. The van der Waals surface area contributed by atoms with E-state index in [0.717, 1.165) is 58.3 Å². The number of carbonyl (C=O) groups is 9. The molecule has 1 rings (SSSR count). The Hall–Kier alpha value is -4.83. The summed E-state index contributed by atoms with van der Waals surface area (Å²) in [6.45, 7) is 14.3. The maximum atomic E-state index is 14.2. The van der Waals surface area contributed by atoms with Crippen molar-refractivity contribution >= 4 is 53.2 Å². The first-order chi connectivity index (χ1) is 28.7. The number of rotatable bonds is 29. The molecule has 0 aromatic rings. The quantitative estimate of drug-likeness (QED) is 0.0397. The van der Waals surface area contributed by atoms with Gasteiger partial charge in [0, 0.05) is 13.3 Å². The van der Waals surface area contributed by atoms with Gasteiger partial charge in [-0.1, -0.05) is 99.5 Å². The van der Waals surface area contributed by atoms with Crippen LogP contribution in [0.2, 0.25) is 0 Å². The highest BCUT2D eigenvalue weighted by Gasteiger charge is 2.36. The van der Waals surface area contributed by atoms with Crippen LogP contribution in [0.4, 0.5) is 0 Å². The largest absolute Gasteiger partial charge is 0.481 e. The molecule has 61 heavy (non-hydrogen) atoms. The second-order valence-corrected chi connectivity index (χ2v) is 17.3. The summed E-state index contributed by atoms with van der Waals surface area (Å²) >= 11 is 0. The predicted molar refractivity (Wildman–Crippen MR) is 230 cm³/mol. The molecule has 1 saturated carbocycles. The number of unbranched alkanes of at least 4 members (excludes halogenated alkanes) is 1. The van der Waals surface area contributed by atoms with E-state index in [4.69, 9.17) is 0 Å². The number of aliphatic carboxylic acids is 2. The molecule has 0 bridgehead atoms. The molecule has 6 amide bonds. The molecular weight excluding hydrogens is 789 g/mol. The smallest absolute Gasteiger partial charge is 0.305 e. The molecule has 0 aliphatic heterocycles. The maximum Gasteiger partial charge on any atom is 0.305 e. The van der Waals surface area contributed by atoms with E-state index in [9.17, 15) is 53.4 Å². The SMILES string of the molecule is CCC(C)[C@H](NC(=O)[C@H](CC(C)C)NC(=O)[C@@H](CCC(=O)O)NC(=O)[C@H](CC(=O)O)NC(C)=O)C(=O)N[C@@H](CC1CCCCC1)C(=O)N[C@@H](CC)C(=O)/C=C/CCCC(C)C. The number of hydrogen-bond donors (Lipinski definition) is 8. The Morgan fingerprint density at radius 1 is 0.607 bits per heavy atom. The molecule has 0 aromatic carbocycles. The molecule has 1 aliphatic carbocycles. The summed E-state index contributed by atoms with van der Waals surface area (Å²) in [5, 5.41) is 34.3. The van der Waals surface area contributed by atoms with Crippen LogP contribution < -0.4 is 31.9 Å². The van der Waals surface area contributed by atoms with E-state index in [2.05, 4.69) is 45.7 Å². The minimum absolute atomic E-state index is 0.0743. The van der Waals surface area contributed by atoms with Gasteiger partial charge in [0.2, 0.25) is 35.4 Å². The van der Waals surface area contributed by atoms with Crippen molar-refractivity contribution < 1.29 is 53.4 Å². The highest BCUT2D eigenvalue weighted by atomic mass is 16.4. The lowest BCUT2D eigenvalue weighted by Gasteiger charge is -2.31. The van der Waals surface area contributed by atoms with E-state index in [-0.39, 0.29) is 24.0 Å². The summed E-state index contributed by atoms with van der Waals surface area (Å²) < 4.78 is 0. The molecule has 0 saturated heterocycles. The molecular formula is C44H74N6O11. The highest BCUT2D eigenvalue weighted by molar-refractivity contribution is 5.99. The van der Waals surface area contributed by atoms with Gasteiger partial charge in [0.25, 0.3) is 0 Å². The number of amides is 6. The van der Waals surface area contributed by atoms with Gasteiger partial charge in [-0.05, 0) is 68.3 Å². The monoisotopic (exact) mass is 863 g/mol. The highest BCUT2D eigenvalue weighted by Crippen LogP contribution is 2.28. The van der Waals surface area contributed by atoms with E-state index in [0.29, 0.717) is 25.2 Å². The molecule has 0 aromatic heterocycles. The van der Waals surface area contributed by atoms with Crippen molar-refractivity contribution in [1.29, 1.82) is 0 Å². The molecule has 17 nitrogen and oxygen atoms in total. The predicted octanol–water partition coefficient (Wildman–Crippen LogP) is 3.68. The van der Waals surface area contributed by atoms with E-state index >= 15 is 0 Å². The maximum absolute atomic E-state index is 14.2. The van der Waals surface area contributed by atoms with Gasteiger partial charge >= 0.3 is 11.9 Å². The van der Waals surface area contributed by atoms with E-state index in [1.54, 1.807) is 27.7 Å². The third-order valence-corrected chi connectivity index (χ3v) is 10.9. The number of carbonyl (C=O) groups excluding carboxylic acids is 7. The van der Waals surface area contributed by atoms with Crippen molar-refractivity contribution in [2.45, 2.75) is 188 Å². The van der Waals surface area contributed by atoms with Gasteiger partial charge in [0.1, 0.15) is 30.2 Å². The van der Waals surface area contributed by atoms with Crippen LogP contribution in [0.1, 0.15) is 152 Å². The number of nitrogens with one attached hydrogen (secondary N) is 6. The molecule has 1 aliphatic rings. The molecule has 346 valence electrons. The number of ketones is 1. The molecule has 8 N–H and O–H groups in total. The summed E-state index contributed by atoms with van der Waals surface area (Å²) in [5.41, 5.74) is 0. The summed E-state index contributed by atoms with van der Waals surface area (Å²) in [4.78, 5) is 117. The van der Waals surface area contributed by atoms with Gasteiger partial charge in [-0.2, -0.15) is 0 Å². The number of hydrogen-bond acceptors (Lipinski definition) is 9. The Kier molecular flexibility index (Phi) is 25.5. The van der Waals surface area contributed by atoms with Gasteiger partial charge in [-0.25, -0.2) is 0 Å². The Labute approximate surface area is 361 Å². The van der Waals surface area contributed by atoms with Gasteiger partial charge in [0.15, 0.2) is 5.78 Å². The Morgan fingerprint density at radius 3 is 1.70 bits per heavy atom. The van der Waals surface area contributed by atoms with E-state index in [1.165, 1.54) is 6.08 Å². The zero-order valence-electron chi connectivity index (χ0n) is 37.6. The fourth-order valence-electron chi connectivity index (χ4n) is 7.22. The average molecular weight is 863 g/mol. The van der Waals surface area contributed by atoms with Crippen molar-refractivity contribution in [2.24, 2.45) is 23.7 Å². The molecule has 17 heteroatoms. The Bertz CT molecular complexity index is 1490. The lowest BCUT2D eigenvalue weighted by Crippen LogP contribution is -2.61. The van der Waals surface area contributed by atoms with Crippen molar-refractivity contribution in [3.05, 3.63) is 12.2 Å². The van der Waals surface area contributed by atoms with Crippen LogP contribution in [0.3, 0.4) is 0 Å². The molecule has 1 fully saturated rings. The first-order valence-electron chi connectivity index (χ1n) is 22.1. The second-order valence-electron chi connectivity index (χ2n) is 17.3. The van der Waals surface area contributed by atoms with Crippen LogP contribution in [0, 0.1) is 23.7 Å². The fourth-order valence-corrected chi connectivity index (χ4v) is 7.22. The van der Waals surface area contributed by atoms with Crippen LogP contribution >= 0.6 is 0 Å². The van der Waals surface area contributed by atoms with Crippen LogP contribution in [0.15, 0.2) is 12.2 Å². The van der Waals surface area contributed by atoms with Gasteiger partial charge < -0.3 is 42.1 Å². The summed E-state index contributed by atoms with van der Waals surface area (Å²) in [7, 11) is 0. The van der Waals surface area contributed by atoms with Gasteiger partial charge in [0.05, 0.1) is 12.5 Å². The summed E-state index contributed by atoms with van der Waals surface area (Å²) in [5.74, 6) is -7.37. The number of allylic oxidation sites excluding steroid dienone is 1. The minimum atomic E-state index is -1.57. The Morgan fingerprint density at radius 2 is 1.16 bits per heavy atom. The third-order valence-electron chi connectivity index (χ3n) is 10.9. The van der Waals surface area contributed by atoms with Crippen LogP contribution in [-0.4, -0.2) is 99.6 Å². The van der Waals surface area contributed by atoms with Crippen molar-refractivity contribution in [2.75, 3.05) is 0 Å². The third kappa shape index (κ3) is 22.0. The van der Waals surface area contributed by atoms with Crippen molar-refractivity contribution in [3.63, 3.8) is 0 Å². The summed E-state index contributed by atoms with van der Waals surface area (Å²) in [6, 6.07) is -7.32. The van der Waals surface area contributed by atoms with E-state index < -0.39 is 109 Å². The zero-order chi connectivity index (χ0) is 46.2. The average Bonchev–Trinajstić information content (AvgIpc) is 3.18. The molecule has 0 spiro atoms. The number of carboxylic acid groups (broad SMARTS) is 2. The van der Waals surface area contributed by atoms with Gasteiger partial charge in [-0.15, -0.1) is 0 Å². The lowest BCUT2D eigenvalue weighted by molar-refractivity contribution is -0.141. The number of carboxylic acids is 2. The minimum Gasteiger partial charge on any atom is -0.481 e. The van der Waals surface area contributed by atoms with Crippen molar-refractivity contribution in [3.8, 4) is 0 Å². The van der Waals surface area contributed by atoms with Gasteiger partial charge in [-0.3, -0.25) is 43.2 Å². The normalized spacial score (nSPS) is 16.6. The first-order valence-corrected chi connectivity index (χ1v) is 22.1.